The molecule has 2 aromatic rings. The molecule has 2 aromatic carbocycles. The molecule has 44 heavy (non-hydrogen) atoms. The van der Waals surface area contributed by atoms with Gasteiger partial charge in [-0.3, -0.25) is 9.59 Å². The summed E-state index contributed by atoms with van der Waals surface area (Å²) >= 11 is 0. The quantitative estimate of drug-likeness (QED) is 0.201. The summed E-state index contributed by atoms with van der Waals surface area (Å²) in [4.78, 5) is 27.8. The minimum absolute atomic E-state index is 0.0396. The number of hydrogen-bond acceptors (Lipinski definition) is 4. The zero-order valence-corrected chi connectivity index (χ0v) is 24.0. The van der Waals surface area contributed by atoms with Gasteiger partial charge in [-0.15, -0.1) is 0 Å². The van der Waals surface area contributed by atoms with Gasteiger partial charge in [0.25, 0.3) is 0 Å². The van der Waals surface area contributed by atoms with Crippen molar-refractivity contribution < 1.29 is 50.2 Å². The highest BCUT2D eigenvalue weighted by molar-refractivity contribution is 6.22. The first-order chi connectivity index (χ1) is 20.5. The van der Waals surface area contributed by atoms with Crippen LogP contribution in [0.4, 0.5) is 36.4 Å². The number of anilines is 1. The molecule has 4 atom stereocenters. The zero-order valence-electron chi connectivity index (χ0n) is 24.0. The number of amides is 2. The van der Waals surface area contributed by atoms with Gasteiger partial charge in [0, 0.05) is 5.92 Å². The molecular formula is C32H30F7NO4. The van der Waals surface area contributed by atoms with Crippen LogP contribution in [0, 0.1) is 29.5 Å². The van der Waals surface area contributed by atoms with Crippen LogP contribution < -0.4 is 4.90 Å². The maximum atomic E-state index is 13.8. The van der Waals surface area contributed by atoms with Gasteiger partial charge in [0.15, 0.2) is 11.6 Å². The van der Waals surface area contributed by atoms with Gasteiger partial charge in [-0.1, -0.05) is 37.1 Å². The molecule has 236 valence electrons. The number of carbonyl (C=O) groups excluding carboxylic acids is 2. The summed E-state index contributed by atoms with van der Waals surface area (Å²) in [5.74, 6) is -5.41. The van der Waals surface area contributed by atoms with E-state index in [-0.39, 0.29) is 25.0 Å². The number of carbonyl (C=O) groups is 2. The summed E-state index contributed by atoms with van der Waals surface area (Å²) < 4.78 is 101. The highest BCUT2D eigenvalue weighted by Crippen LogP contribution is 2.52. The van der Waals surface area contributed by atoms with E-state index in [0.717, 1.165) is 16.7 Å². The fourth-order valence-electron chi connectivity index (χ4n) is 6.61. The number of phenols is 1. The van der Waals surface area contributed by atoms with E-state index in [2.05, 4.69) is 0 Å². The smallest absolute Gasteiger partial charge is 0.416 e. The summed E-state index contributed by atoms with van der Waals surface area (Å²) in [6.45, 7) is 5.77. The van der Waals surface area contributed by atoms with E-state index in [0.29, 0.717) is 35.4 Å². The Kier molecular flexibility index (Phi) is 8.19. The van der Waals surface area contributed by atoms with Crippen LogP contribution in [0.15, 0.2) is 53.1 Å². The Hall–Kier alpha value is -3.67. The van der Waals surface area contributed by atoms with Crippen molar-refractivity contribution in [3.8, 4) is 5.75 Å². The first-order valence-corrected chi connectivity index (χ1v) is 14.1. The highest BCUT2D eigenvalue weighted by atomic mass is 19.4. The lowest BCUT2D eigenvalue weighted by Crippen LogP contribution is -2.35. The van der Waals surface area contributed by atoms with Crippen molar-refractivity contribution in [1.29, 1.82) is 0 Å². The van der Waals surface area contributed by atoms with Crippen molar-refractivity contribution in [1.82, 2.24) is 0 Å². The fourth-order valence-corrected chi connectivity index (χ4v) is 6.61. The van der Waals surface area contributed by atoms with Crippen LogP contribution in [0.5, 0.6) is 5.75 Å². The molecule has 5 nitrogen and oxygen atoms in total. The van der Waals surface area contributed by atoms with Crippen LogP contribution in [-0.2, 0) is 26.7 Å². The van der Waals surface area contributed by atoms with Crippen molar-refractivity contribution in [2.24, 2.45) is 23.7 Å². The average Bonchev–Trinajstić information content (AvgIpc) is 3.46. The van der Waals surface area contributed by atoms with Crippen LogP contribution in [0.25, 0.3) is 6.08 Å². The molecule has 2 saturated heterocycles. The minimum Gasteiger partial charge on any atom is -0.505 e. The summed E-state index contributed by atoms with van der Waals surface area (Å²) in [7, 11) is 0. The lowest BCUT2D eigenvalue weighted by molar-refractivity contribution is -0.143. The maximum absolute atomic E-state index is 13.8. The Labute approximate surface area is 249 Å². The third-order valence-corrected chi connectivity index (χ3v) is 8.66. The second-order valence-corrected chi connectivity index (χ2v) is 11.9. The third kappa shape index (κ3) is 5.88. The molecule has 0 radical (unpaired) electrons. The average molecular weight is 626 g/mol. The van der Waals surface area contributed by atoms with E-state index >= 15 is 0 Å². The van der Waals surface area contributed by atoms with E-state index in [1.807, 2.05) is 20.8 Å². The standard InChI is InChI=1S/C32H30F7NO4/c1-15(2)21-13-22-28(23-14-44-26(27(21)23)7-4-16(3)8-17-5-6-25(41)24(33)9-17)30(43)40(29(22)42)20-11-18(31(34,35)36)10-19(12-20)32(37,38)39/h5-6,8-12,15,22-23,26,28,41H,4,7,13-14H2,1-3H3/b16-8+/t22-,23+,26-,28-/m1/s1. The van der Waals surface area contributed by atoms with E-state index in [9.17, 15) is 45.4 Å². The van der Waals surface area contributed by atoms with Crippen LogP contribution >= 0.6 is 0 Å². The molecular weight excluding hydrogens is 595 g/mol. The number of alkyl halides is 6. The second-order valence-electron chi connectivity index (χ2n) is 11.9. The van der Waals surface area contributed by atoms with E-state index in [1.54, 1.807) is 12.1 Å². The SMILES string of the molecule is C/C(=C\c1ccc(O)c(F)c1)CC[C@H]1OC[C@H]2C1=C(C(C)C)C[C@H]1C(=O)N(c3cc(C(F)(F)F)cc(C(F)(F)F)c3)C(=O)[C@H]12. The van der Waals surface area contributed by atoms with Gasteiger partial charge in [0.1, 0.15) is 0 Å². The number of rotatable bonds is 6. The molecule has 1 aliphatic carbocycles. The molecule has 0 aromatic heterocycles. The van der Waals surface area contributed by atoms with Crippen LogP contribution in [0.1, 0.15) is 56.7 Å². The molecule has 2 fully saturated rings. The fraction of sp³-hybridized carbons (Fsp3) is 0.438. The first-order valence-electron chi connectivity index (χ1n) is 14.1. The van der Waals surface area contributed by atoms with Gasteiger partial charge in [-0.05, 0) is 73.6 Å². The lowest BCUT2D eigenvalue weighted by atomic mass is 9.67. The predicted octanol–water partition coefficient (Wildman–Crippen LogP) is 7.93. The summed E-state index contributed by atoms with van der Waals surface area (Å²) in [6, 6.07) is 4.80. The molecule has 0 spiro atoms. The Morgan fingerprint density at radius 1 is 1.00 bits per heavy atom. The number of ether oxygens (including phenoxy) is 1. The molecule has 0 saturated carbocycles. The third-order valence-electron chi connectivity index (χ3n) is 8.66. The van der Waals surface area contributed by atoms with Crippen LogP contribution in [0.3, 0.4) is 0 Å². The Balaban J connectivity index is 1.43. The van der Waals surface area contributed by atoms with Crippen molar-refractivity contribution in [2.45, 2.75) is 58.5 Å². The number of allylic oxidation sites excluding steroid dienone is 2. The molecule has 0 unspecified atom stereocenters. The Morgan fingerprint density at radius 2 is 1.64 bits per heavy atom. The van der Waals surface area contributed by atoms with Gasteiger partial charge in [-0.25, -0.2) is 9.29 Å². The normalized spacial score (nSPS) is 24.4. The van der Waals surface area contributed by atoms with Crippen LogP contribution in [-0.4, -0.2) is 29.6 Å². The van der Waals surface area contributed by atoms with E-state index in [1.165, 1.54) is 12.1 Å². The number of phenolic OH excluding ortho intramolecular Hbond substituents is 1. The number of aromatic hydroxyl groups is 1. The number of benzene rings is 2. The molecule has 0 bridgehead atoms. The number of halogens is 7. The predicted molar refractivity (Wildman–Crippen MR) is 147 cm³/mol. The van der Waals surface area contributed by atoms with Gasteiger partial charge >= 0.3 is 12.4 Å². The van der Waals surface area contributed by atoms with Crippen molar-refractivity contribution in [2.75, 3.05) is 11.5 Å². The molecule has 12 heteroatoms. The lowest BCUT2D eigenvalue weighted by Gasteiger charge is -2.33. The molecule has 2 aliphatic heterocycles. The Morgan fingerprint density at radius 3 is 2.20 bits per heavy atom. The second kappa shape index (κ2) is 11.4. The minimum atomic E-state index is -5.14. The monoisotopic (exact) mass is 625 g/mol. The summed E-state index contributed by atoms with van der Waals surface area (Å²) in [5, 5.41) is 9.42. The van der Waals surface area contributed by atoms with Gasteiger partial charge < -0.3 is 9.84 Å². The van der Waals surface area contributed by atoms with Gasteiger partial charge in [0.2, 0.25) is 11.8 Å². The summed E-state index contributed by atoms with van der Waals surface area (Å²) in [5.41, 5.74) is -0.776. The number of imide groups is 1. The molecule has 2 heterocycles. The van der Waals surface area contributed by atoms with Crippen LogP contribution in [0.2, 0.25) is 0 Å². The topological polar surface area (TPSA) is 66.8 Å². The first kappa shape index (κ1) is 31.7. The Bertz CT molecular complexity index is 1520. The van der Waals surface area contributed by atoms with Crippen molar-refractivity contribution in [3.05, 3.63) is 75.6 Å². The number of fused-ring (bicyclic) bond motifs is 3. The highest BCUT2D eigenvalue weighted by Gasteiger charge is 2.58. The van der Waals surface area contributed by atoms with Crippen molar-refractivity contribution in [3.63, 3.8) is 0 Å². The zero-order chi connectivity index (χ0) is 32.3. The number of hydrogen-bond donors (Lipinski definition) is 1. The largest absolute Gasteiger partial charge is 0.505 e. The molecule has 5 rings (SSSR count). The maximum Gasteiger partial charge on any atom is 0.416 e. The van der Waals surface area contributed by atoms with E-state index < -0.39 is 76.4 Å². The van der Waals surface area contributed by atoms with Crippen molar-refractivity contribution >= 4 is 23.6 Å². The van der Waals surface area contributed by atoms with Gasteiger partial charge in [0.05, 0.1) is 41.4 Å². The molecule has 2 amide bonds. The number of nitrogens with zero attached hydrogens (tertiary/aromatic N) is 1. The molecule has 3 aliphatic rings. The molecule has 1 N–H and O–H groups in total. The van der Waals surface area contributed by atoms with E-state index in [4.69, 9.17) is 4.74 Å². The summed E-state index contributed by atoms with van der Waals surface area (Å²) in [6.07, 6.45) is -7.75. The van der Waals surface area contributed by atoms with Gasteiger partial charge in [-0.2, -0.15) is 26.3 Å².